The van der Waals surface area contributed by atoms with Crippen LogP contribution in [0.5, 0.6) is 0 Å². The minimum atomic E-state index is -0.164. The van der Waals surface area contributed by atoms with Crippen molar-refractivity contribution in [3.05, 3.63) is 29.6 Å². The summed E-state index contributed by atoms with van der Waals surface area (Å²) >= 11 is 1.55. The second kappa shape index (κ2) is 5.71. The molecule has 1 aromatic carbocycles. The van der Waals surface area contributed by atoms with E-state index < -0.39 is 0 Å². The van der Waals surface area contributed by atoms with E-state index in [4.69, 9.17) is 0 Å². The highest BCUT2D eigenvalue weighted by Gasteiger charge is 2.23. The van der Waals surface area contributed by atoms with Crippen LogP contribution in [0.15, 0.2) is 23.1 Å². The van der Waals surface area contributed by atoms with Gasteiger partial charge in [-0.2, -0.15) is 0 Å². The molecule has 0 spiro atoms. The molecule has 0 radical (unpaired) electrons. The van der Waals surface area contributed by atoms with Crippen molar-refractivity contribution in [1.29, 1.82) is 0 Å². The molecule has 1 atom stereocenters. The molecule has 0 saturated carbocycles. The summed E-state index contributed by atoms with van der Waals surface area (Å²) < 4.78 is 13.6. The number of hydrogen-bond acceptors (Lipinski definition) is 3. The summed E-state index contributed by atoms with van der Waals surface area (Å²) in [4.78, 5) is 13.8. The lowest BCUT2D eigenvalue weighted by molar-refractivity contribution is -0.127. The SMILES string of the molecule is CN(C)C(=O)CNC1CCSc2c(F)cccc21. The Morgan fingerprint density at radius 3 is 3.06 bits per heavy atom. The molecule has 1 N–H and O–H groups in total. The number of halogens is 1. The van der Waals surface area contributed by atoms with E-state index in [0.29, 0.717) is 0 Å². The molecular formula is C13H17FN2OS. The van der Waals surface area contributed by atoms with E-state index in [1.54, 1.807) is 36.8 Å². The predicted octanol–water partition coefficient (Wildman–Crippen LogP) is 2.04. The Balaban J connectivity index is 2.09. The molecule has 0 bridgehead atoms. The van der Waals surface area contributed by atoms with Crippen LogP contribution in [-0.4, -0.2) is 37.2 Å². The van der Waals surface area contributed by atoms with Gasteiger partial charge in [0, 0.05) is 25.0 Å². The Morgan fingerprint density at radius 1 is 1.56 bits per heavy atom. The number of rotatable bonds is 3. The van der Waals surface area contributed by atoms with Gasteiger partial charge in [-0.05, 0) is 23.8 Å². The second-order valence-corrected chi connectivity index (χ2v) is 5.62. The standard InChI is InChI=1S/C13H17FN2OS/c1-16(2)12(17)8-15-11-6-7-18-13-9(11)4-3-5-10(13)14/h3-5,11,15H,6-8H2,1-2H3. The molecule has 1 unspecified atom stereocenters. The number of fused-ring (bicyclic) bond motifs is 1. The summed E-state index contributed by atoms with van der Waals surface area (Å²) in [7, 11) is 3.46. The summed E-state index contributed by atoms with van der Waals surface area (Å²) in [6.07, 6.45) is 0.918. The van der Waals surface area contributed by atoms with Crippen molar-refractivity contribution in [3.63, 3.8) is 0 Å². The second-order valence-electron chi connectivity index (χ2n) is 4.52. The highest BCUT2D eigenvalue weighted by atomic mass is 32.2. The molecule has 3 nitrogen and oxygen atoms in total. The molecule has 1 heterocycles. The molecule has 0 saturated heterocycles. The van der Waals surface area contributed by atoms with Crippen molar-refractivity contribution in [2.75, 3.05) is 26.4 Å². The number of nitrogens with one attached hydrogen (secondary N) is 1. The largest absolute Gasteiger partial charge is 0.348 e. The van der Waals surface area contributed by atoms with E-state index in [0.717, 1.165) is 22.6 Å². The van der Waals surface area contributed by atoms with E-state index in [2.05, 4.69) is 5.32 Å². The first-order valence-corrected chi connectivity index (χ1v) is 6.93. The molecule has 1 aliphatic rings. The first-order chi connectivity index (χ1) is 8.59. The number of amides is 1. The summed E-state index contributed by atoms with van der Waals surface area (Å²) in [6, 6.07) is 5.21. The Hall–Kier alpha value is -1.07. The minimum Gasteiger partial charge on any atom is -0.348 e. The van der Waals surface area contributed by atoms with Crippen molar-refractivity contribution in [2.24, 2.45) is 0 Å². The van der Waals surface area contributed by atoms with Gasteiger partial charge in [-0.1, -0.05) is 12.1 Å². The van der Waals surface area contributed by atoms with Crippen molar-refractivity contribution >= 4 is 17.7 Å². The topological polar surface area (TPSA) is 32.3 Å². The van der Waals surface area contributed by atoms with E-state index >= 15 is 0 Å². The first-order valence-electron chi connectivity index (χ1n) is 5.94. The van der Waals surface area contributed by atoms with Gasteiger partial charge in [-0.3, -0.25) is 4.79 Å². The number of carbonyl (C=O) groups excluding carboxylic acids is 1. The average Bonchev–Trinajstić information content (AvgIpc) is 2.36. The zero-order chi connectivity index (χ0) is 13.1. The fourth-order valence-electron chi connectivity index (χ4n) is 1.97. The van der Waals surface area contributed by atoms with Gasteiger partial charge in [-0.25, -0.2) is 4.39 Å². The molecule has 1 amide bonds. The van der Waals surface area contributed by atoms with E-state index in [1.165, 1.54) is 6.07 Å². The van der Waals surface area contributed by atoms with Gasteiger partial charge in [0.15, 0.2) is 0 Å². The van der Waals surface area contributed by atoms with Gasteiger partial charge < -0.3 is 10.2 Å². The van der Waals surface area contributed by atoms with Gasteiger partial charge in [0.05, 0.1) is 6.54 Å². The molecule has 5 heteroatoms. The number of likely N-dealkylation sites (N-methyl/N-ethyl adjacent to an activating group) is 1. The van der Waals surface area contributed by atoms with Gasteiger partial charge in [0.1, 0.15) is 5.82 Å². The molecule has 2 rings (SSSR count). The van der Waals surface area contributed by atoms with Crippen LogP contribution in [0.4, 0.5) is 4.39 Å². The first kappa shape index (κ1) is 13.4. The third-order valence-corrected chi connectivity index (χ3v) is 4.18. The molecule has 1 aromatic rings. The summed E-state index contributed by atoms with van der Waals surface area (Å²) in [5.74, 6) is 0.746. The fourth-order valence-corrected chi connectivity index (χ4v) is 3.11. The summed E-state index contributed by atoms with van der Waals surface area (Å²) in [6.45, 7) is 0.290. The van der Waals surface area contributed by atoms with E-state index in [9.17, 15) is 9.18 Å². The van der Waals surface area contributed by atoms with Crippen molar-refractivity contribution in [1.82, 2.24) is 10.2 Å². The monoisotopic (exact) mass is 268 g/mol. The third kappa shape index (κ3) is 2.84. The number of thioether (sulfide) groups is 1. The van der Waals surface area contributed by atoms with Crippen LogP contribution >= 0.6 is 11.8 Å². The third-order valence-electron chi connectivity index (χ3n) is 3.02. The van der Waals surface area contributed by atoms with E-state index in [1.807, 2.05) is 6.07 Å². The number of carbonyl (C=O) groups is 1. The smallest absolute Gasteiger partial charge is 0.236 e. The lowest BCUT2D eigenvalue weighted by Gasteiger charge is -2.26. The average molecular weight is 268 g/mol. The Bertz CT molecular complexity index is 451. The highest BCUT2D eigenvalue weighted by molar-refractivity contribution is 7.99. The normalized spacial score (nSPS) is 18.3. The minimum absolute atomic E-state index is 0.0335. The van der Waals surface area contributed by atoms with Crippen LogP contribution in [0.2, 0.25) is 0 Å². The Labute approximate surface area is 111 Å². The van der Waals surface area contributed by atoms with Gasteiger partial charge >= 0.3 is 0 Å². The van der Waals surface area contributed by atoms with Gasteiger partial charge in [0.25, 0.3) is 0 Å². The van der Waals surface area contributed by atoms with Crippen LogP contribution in [0, 0.1) is 5.82 Å². The molecule has 0 aliphatic carbocycles. The molecule has 1 aliphatic heterocycles. The van der Waals surface area contributed by atoms with Crippen LogP contribution in [0.3, 0.4) is 0 Å². The lowest BCUT2D eigenvalue weighted by atomic mass is 10.0. The molecule has 18 heavy (non-hydrogen) atoms. The Kier molecular flexibility index (Phi) is 4.24. The summed E-state index contributed by atoms with van der Waals surface area (Å²) in [5.41, 5.74) is 0.970. The number of nitrogens with zero attached hydrogens (tertiary/aromatic N) is 1. The Morgan fingerprint density at radius 2 is 2.33 bits per heavy atom. The van der Waals surface area contributed by atoms with Crippen LogP contribution in [-0.2, 0) is 4.79 Å². The van der Waals surface area contributed by atoms with Crippen molar-refractivity contribution in [3.8, 4) is 0 Å². The lowest BCUT2D eigenvalue weighted by Crippen LogP contribution is -2.36. The van der Waals surface area contributed by atoms with E-state index in [-0.39, 0.29) is 24.3 Å². The maximum atomic E-state index is 13.6. The maximum Gasteiger partial charge on any atom is 0.236 e. The zero-order valence-corrected chi connectivity index (χ0v) is 11.4. The van der Waals surface area contributed by atoms with Crippen LogP contribution < -0.4 is 5.32 Å². The molecular weight excluding hydrogens is 251 g/mol. The highest BCUT2D eigenvalue weighted by Crippen LogP contribution is 2.37. The van der Waals surface area contributed by atoms with Crippen molar-refractivity contribution < 1.29 is 9.18 Å². The maximum absolute atomic E-state index is 13.6. The number of benzene rings is 1. The zero-order valence-electron chi connectivity index (χ0n) is 10.6. The van der Waals surface area contributed by atoms with Gasteiger partial charge in [-0.15, -0.1) is 11.8 Å². The molecule has 0 aromatic heterocycles. The van der Waals surface area contributed by atoms with Gasteiger partial charge in [0.2, 0.25) is 5.91 Å². The molecule has 98 valence electrons. The van der Waals surface area contributed by atoms with Crippen LogP contribution in [0.1, 0.15) is 18.0 Å². The number of hydrogen-bond donors (Lipinski definition) is 1. The molecule has 0 fully saturated rings. The predicted molar refractivity (Wildman–Crippen MR) is 71.2 cm³/mol. The summed E-state index contributed by atoms with van der Waals surface area (Å²) in [5, 5.41) is 3.21. The van der Waals surface area contributed by atoms with Crippen LogP contribution in [0.25, 0.3) is 0 Å². The quantitative estimate of drug-likeness (QED) is 0.910. The van der Waals surface area contributed by atoms with Crippen molar-refractivity contribution in [2.45, 2.75) is 17.4 Å². The fraction of sp³-hybridized carbons (Fsp3) is 0.462.